The Labute approximate surface area is 108 Å². The monoisotopic (exact) mass is 254 g/mol. The molecule has 1 N–H and O–H groups in total. The van der Waals surface area contributed by atoms with Gasteiger partial charge in [0.15, 0.2) is 0 Å². The van der Waals surface area contributed by atoms with Crippen molar-refractivity contribution in [3.05, 3.63) is 0 Å². The maximum atomic E-state index is 11.7. The van der Waals surface area contributed by atoms with Crippen molar-refractivity contribution in [2.45, 2.75) is 51.7 Å². The molecule has 2 rings (SSSR count). The van der Waals surface area contributed by atoms with Crippen LogP contribution in [0, 0.1) is 5.92 Å². The van der Waals surface area contributed by atoms with Crippen LogP contribution in [0.5, 0.6) is 0 Å². The molecule has 1 saturated heterocycles. The van der Waals surface area contributed by atoms with Crippen LogP contribution in [0.4, 0.5) is 4.79 Å². The normalized spacial score (nSPS) is 20.3. The maximum absolute atomic E-state index is 11.7. The molecule has 1 aliphatic carbocycles. The Morgan fingerprint density at radius 3 is 2.39 bits per heavy atom. The fourth-order valence-electron chi connectivity index (χ4n) is 1.90. The average Bonchev–Trinajstić information content (AvgIpc) is 2.90. The zero-order valence-corrected chi connectivity index (χ0v) is 11.4. The Kier molecular flexibility index (Phi) is 3.50. The van der Waals surface area contributed by atoms with E-state index in [4.69, 9.17) is 4.74 Å². The second-order valence-electron chi connectivity index (χ2n) is 6.35. The van der Waals surface area contributed by atoms with Crippen molar-refractivity contribution < 1.29 is 14.3 Å². The molecule has 0 aromatic rings. The number of likely N-dealkylation sites (tertiary alicyclic amines) is 1. The number of hydrogen-bond donors (Lipinski definition) is 1. The molecule has 2 fully saturated rings. The third-order valence-electron chi connectivity index (χ3n) is 3.11. The molecule has 1 heterocycles. The molecule has 0 unspecified atom stereocenters. The number of ether oxygens (including phenoxy) is 1. The first-order chi connectivity index (χ1) is 8.33. The van der Waals surface area contributed by atoms with E-state index in [9.17, 15) is 9.59 Å². The van der Waals surface area contributed by atoms with Crippen molar-refractivity contribution in [1.82, 2.24) is 10.2 Å². The van der Waals surface area contributed by atoms with Crippen molar-refractivity contribution in [3.8, 4) is 0 Å². The molecule has 0 radical (unpaired) electrons. The van der Waals surface area contributed by atoms with E-state index in [1.54, 1.807) is 4.90 Å². The number of rotatable bonds is 3. The maximum Gasteiger partial charge on any atom is 0.407 e. The number of amides is 2. The van der Waals surface area contributed by atoms with Gasteiger partial charge in [0.25, 0.3) is 0 Å². The molecular weight excluding hydrogens is 232 g/mol. The minimum atomic E-state index is -0.401. The van der Waals surface area contributed by atoms with Gasteiger partial charge in [-0.1, -0.05) is 0 Å². The number of nitrogens with zero attached hydrogens (tertiary/aromatic N) is 1. The summed E-state index contributed by atoms with van der Waals surface area (Å²) < 4.78 is 5.22. The summed E-state index contributed by atoms with van der Waals surface area (Å²) in [6.45, 7) is 6.80. The highest BCUT2D eigenvalue weighted by Gasteiger charge is 2.36. The van der Waals surface area contributed by atoms with Gasteiger partial charge < -0.3 is 15.0 Å². The highest BCUT2D eigenvalue weighted by molar-refractivity contribution is 5.78. The first-order valence-electron chi connectivity index (χ1n) is 6.60. The van der Waals surface area contributed by atoms with Crippen LogP contribution in [0.2, 0.25) is 0 Å². The Bertz CT molecular complexity index is 339. The first kappa shape index (κ1) is 13.2. The van der Waals surface area contributed by atoms with Gasteiger partial charge in [-0.3, -0.25) is 4.79 Å². The van der Waals surface area contributed by atoms with Crippen molar-refractivity contribution in [2.75, 3.05) is 13.1 Å². The molecule has 2 aliphatic rings. The number of carbonyl (C=O) groups excluding carboxylic acids is 2. The number of alkyl carbamates (subject to hydrolysis) is 1. The molecule has 0 spiro atoms. The molecule has 0 aromatic carbocycles. The summed E-state index contributed by atoms with van der Waals surface area (Å²) in [6.07, 6.45) is 2.50. The summed E-state index contributed by atoms with van der Waals surface area (Å²) in [6, 6.07) is 0. The first-order valence-corrected chi connectivity index (χ1v) is 6.60. The van der Waals surface area contributed by atoms with Gasteiger partial charge in [-0.25, -0.2) is 4.79 Å². The number of carbonyl (C=O) groups is 2. The Hall–Kier alpha value is -1.26. The van der Waals surface area contributed by atoms with Crippen LogP contribution < -0.4 is 5.32 Å². The molecule has 1 saturated carbocycles. The van der Waals surface area contributed by atoms with Gasteiger partial charge >= 0.3 is 6.09 Å². The molecule has 2 amide bonds. The van der Waals surface area contributed by atoms with E-state index in [-0.39, 0.29) is 17.6 Å². The highest BCUT2D eigenvalue weighted by atomic mass is 16.6. The van der Waals surface area contributed by atoms with Crippen molar-refractivity contribution in [3.63, 3.8) is 0 Å². The highest BCUT2D eigenvalue weighted by Crippen LogP contribution is 2.33. The standard InChI is InChI=1S/C13H22N2O3/c1-13(2,3)14-12(17)18-10-7-15(8-10)11(16)6-9-4-5-9/h9-10H,4-8H2,1-3H3,(H,14,17). The SMILES string of the molecule is CC(C)(C)NC(=O)OC1CN(C(=O)CC2CC2)C1. The predicted octanol–water partition coefficient (Wildman–Crippen LogP) is 1.52. The van der Waals surface area contributed by atoms with Crippen LogP contribution in [0.25, 0.3) is 0 Å². The van der Waals surface area contributed by atoms with Crippen molar-refractivity contribution in [1.29, 1.82) is 0 Å². The molecule has 5 heteroatoms. The second-order valence-corrected chi connectivity index (χ2v) is 6.35. The van der Waals surface area contributed by atoms with Gasteiger partial charge in [-0.15, -0.1) is 0 Å². The average molecular weight is 254 g/mol. The lowest BCUT2D eigenvalue weighted by atomic mass is 10.1. The molecule has 0 atom stereocenters. The van der Waals surface area contributed by atoms with E-state index < -0.39 is 6.09 Å². The Balaban J connectivity index is 1.63. The molecule has 1 aliphatic heterocycles. The van der Waals surface area contributed by atoms with E-state index in [0.717, 1.165) is 0 Å². The fraction of sp³-hybridized carbons (Fsp3) is 0.846. The molecule has 0 aromatic heterocycles. The summed E-state index contributed by atoms with van der Waals surface area (Å²) in [7, 11) is 0. The van der Waals surface area contributed by atoms with Crippen LogP contribution in [-0.2, 0) is 9.53 Å². The van der Waals surface area contributed by atoms with Crippen LogP contribution in [0.15, 0.2) is 0 Å². The summed E-state index contributed by atoms with van der Waals surface area (Å²) in [4.78, 5) is 25.0. The largest absolute Gasteiger partial charge is 0.442 e. The second kappa shape index (κ2) is 4.78. The zero-order chi connectivity index (χ0) is 13.3. The van der Waals surface area contributed by atoms with Gasteiger partial charge in [-0.2, -0.15) is 0 Å². The predicted molar refractivity (Wildman–Crippen MR) is 67.1 cm³/mol. The Morgan fingerprint density at radius 2 is 1.89 bits per heavy atom. The van der Waals surface area contributed by atoms with E-state index in [1.165, 1.54) is 12.8 Å². The fourth-order valence-corrected chi connectivity index (χ4v) is 1.90. The van der Waals surface area contributed by atoms with Crippen molar-refractivity contribution >= 4 is 12.0 Å². The summed E-state index contributed by atoms with van der Waals surface area (Å²) >= 11 is 0. The minimum Gasteiger partial charge on any atom is -0.442 e. The van der Waals surface area contributed by atoms with Gasteiger partial charge in [0.1, 0.15) is 6.10 Å². The third kappa shape index (κ3) is 3.89. The quantitative estimate of drug-likeness (QED) is 0.830. The van der Waals surface area contributed by atoms with Gasteiger partial charge in [0.05, 0.1) is 13.1 Å². The lowest BCUT2D eigenvalue weighted by Gasteiger charge is -2.38. The molecule has 102 valence electrons. The lowest BCUT2D eigenvalue weighted by Crippen LogP contribution is -2.57. The van der Waals surface area contributed by atoms with Crippen LogP contribution >= 0.6 is 0 Å². The minimum absolute atomic E-state index is 0.143. The van der Waals surface area contributed by atoms with E-state index in [2.05, 4.69) is 5.32 Å². The molecule has 18 heavy (non-hydrogen) atoms. The van der Waals surface area contributed by atoms with Crippen LogP contribution in [0.3, 0.4) is 0 Å². The molecule has 5 nitrogen and oxygen atoms in total. The van der Waals surface area contributed by atoms with Gasteiger partial charge in [-0.05, 0) is 39.5 Å². The summed E-state index contributed by atoms with van der Waals surface area (Å²) in [5, 5.41) is 2.74. The van der Waals surface area contributed by atoms with E-state index in [0.29, 0.717) is 25.4 Å². The van der Waals surface area contributed by atoms with E-state index >= 15 is 0 Å². The topological polar surface area (TPSA) is 58.6 Å². The van der Waals surface area contributed by atoms with Crippen LogP contribution in [-0.4, -0.2) is 41.6 Å². The smallest absolute Gasteiger partial charge is 0.407 e. The van der Waals surface area contributed by atoms with Crippen molar-refractivity contribution in [2.24, 2.45) is 5.92 Å². The molecule has 0 bridgehead atoms. The summed E-state index contributed by atoms with van der Waals surface area (Å²) in [5.41, 5.74) is -0.289. The Morgan fingerprint density at radius 1 is 1.28 bits per heavy atom. The van der Waals surface area contributed by atoms with E-state index in [1.807, 2.05) is 20.8 Å². The summed E-state index contributed by atoms with van der Waals surface area (Å²) in [5.74, 6) is 0.815. The third-order valence-corrected chi connectivity index (χ3v) is 3.11. The van der Waals surface area contributed by atoms with Gasteiger partial charge in [0.2, 0.25) is 5.91 Å². The zero-order valence-electron chi connectivity index (χ0n) is 11.4. The van der Waals surface area contributed by atoms with Gasteiger partial charge in [0, 0.05) is 12.0 Å². The number of nitrogens with one attached hydrogen (secondary N) is 1. The lowest BCUT2D eigenvalue weighted by molar-refractivity contribution is -0.141. The van der Waals surface area contributed by atoms with Crippen LogP contribution in [0.1, 0.15) is 40.0 Å². The molecular formula is C13H22N2O3. The number of hydrogen-bond acceptors (Lipinski definition) is 3.